The number of likely N-dealkylation sites (tertiary alicyclic amines) is 1. The van der Waals surface area contributed by atoms with Crippen molar-refractivity contribution in [2.75, 3.05) is 26.7 Å². The summed E-state index contributed by atoms with van der Waals surface area (Å²) in [4.78, 5) is 21.9. The number of piperidine rings is 1. The van der Waals surface area contributed by atoms with Gasteiger partial charge < -0.3 is 9.47 Å². The number of imidazole rings is 1. The first kappa shape index (κ1) is 16.6. The molecule has 0 radical (unpaired) electrons. The molecule has 0 bridgehead atoms. The summed E-state index contributed by atoms with van der Waals surface area (Å²) in [6.07, 6.45) is 3.81. The first-order chi connectivity index (χ1) is 12.0. The first-order valence-corrected chi connectivity index (χ1v) is 9.18. The number of carbonyl (C=O) groups is 1. The van der Waals surface area contributed by atoms with Crippen molar-refractivity contribution < 1.29 is 4.79 Å². The second-order valence-electron chi connectivity index (χ2n) is 7.13. The van der Waals surface area contributed by atoms with Crippen molar-refractivity contribution in [1.29, 1.82) is 0 Å². The topological polar surface area (TPSA) is 41.4 Å². The number of nitrogens with zero attached hydrogens (tertiary/aromatic N) is 4. The number of carbonyl (C=O) groups excluding carboxylic acids is 1. The van der Waals surface area contributed by atoms with Crippen molar-refractivity contribution in [2.24, 2.45) is 0 Å². The van der Waals surface area contributed by atoms with Crippen LogP contribution in [0.25, 0.3) is 0 Å². The summed E-state index contributed by atoms with van der Waals surface area (Å²) >= 11 is 5.93. The van der Waals surface area contributed by atoms with Crippen LogP contribution in [0.4, 0.5) is 0 Å². The molecule has 1 aromatic carbocycles. The molecule has 1 spiro atoms. The molecule has 5 nitrogen and oxygen atoms in total. The van der Waals surface area contributed by atoms with Crippen molar-refractivity contribution in [3.8, 4) is 0 Å². The monoisotopic (exact) mass is 358 g/mol. The van der Waals surface area contributed by atoms with Gasteiger partial charge in [0.25, 0.3) is 5.91 Å². The minimum atomic E-state index is -0.0523. The highest BCUT2D eigenvalue weighted by atomic mass is 35.5. The Morgan fingerprint density at radius 3 is 2.48 bits per heavy atom. The van der Waals surface area contributed by atoms with E-state index in [9.17, 15) is 4.79 Å². The lowest BCUT2D eigenvalue weighted by molar-refractivity contribution is 0.00955. The predicted octanol–water partition coefficient (Wildman–Crippen LogP) is 2.92. The average molecular weight is 359 g/mol. The zero-order valence-electron chi connectivity index (χ0n) is 14.7. The molecule has 6 heteroatoms. The van der Waals surface area contributed by atoms with Crippen LogP contribution >= 0.6 is 11.6 Å². The Bertz CT molecular complexity index is 790. The normalized spacial score (nSPS) is 19.9. The molecule has 1 aromatic heterocycles. The molecule has 0 aliphatic carbocycles. The zero-order chi connectivity index (χ0) is 17.6. The summed E-state index contributed by atoms with van der Waals surface area (Å²) in [5, 5.41) is 0.653. The lowest BCUT2D eigenvalue weighted by atomic mass is 9.83. The fraction of sp³-hybridized carbons (Fsp3) is 0.474. The second-order valence-corrected chi connectivity index (χ2v) is 7.56. The summed E-state index contributed by atoms with van der Waals surface area (Å²) in [7, 11) is 2.18. The van der Waals surface area contributed by atoms with Crippen molar-refractivity contribution in [3.63, 3.8) is 0 Å². The lowest BCUT2D eigenvalue weighted by Crippen LogP contribution is -2.57. The Kier molecular flexibility index (Phi) is 4.08. The van der Waals surface area contributed by atoms with Gasteiger partial charge in [0, 0.05) is 48.7 Å². The van der Waals surface area contributed by atoms with Gasteiger partial charge in [0.15, 0.2) is 0 Å². The van der Waals surface area contributed by atoms with E-state index in [4.69, 9.17) is 16.6 Å². The van der Waals surface area contributed by atoms with Gasteiger partial charge >= 0.3 is 0 Å². The van der Waals surface area contributed by atoms with Crippen LogP contribution < -0.4 is 0 Å². The van der Waals surface area contributed by atoms with Gasteiger partial charge in [-0.05, 0) is 51.1 Å². The fourth-order valence-corrected chi connectivity index (χ4v) is 4.34. The first-order valence-electron chi connectivity index (χ1n) is 8.80. The number of amides is 1. The van der Waals surface area contributed by atoms with Crippen molar-refractivity contribution >= 4 is 17.5 Å². The number of fused-ring (bicyclic) bond motifs is 2. The summed E-state index contributed by atoms with van der Waals surface area (Å²) in [5.74, 6) is 1.25. The van der Waals surface area contributed by atoms with Crippen LogP contribution in [0.3, 0.4) is 0 Å². The number of halogens is 1. The van der Waals surface area contributed by atoms with Crippen LogP contribution in [0.15, 0.2) is 30.5 Å². The highest BCUT2D eigenvalue weighted by Crippen LogP contribution is 2.40. The average Bonchev–Trinajstić information content (AvgIpc) is 3.01. The molecule has 0 atom stereocenters. The summed E-state index contributed by atoms with van der Waals surface area (Å²) < 4.78 is 2.34. The van der Waals surface area contributed by atoms with Gasteiger partial charge in [-0.3, -0.25) is 9.69 Å². The van der Waals surface area contributed by atoms with Crippen molar-refractivity contribution in [1.82, 2.24) is 19.4 Å². The van der Waals surface area contributed by atoms with E-state index in [0.29, 0.717) is 10.6 Å². The molecule has 0 unspecified atom stereocenters. The van der Waals surface area contributed by atoms with Gasteiger partial charge in [0.05, 0.1) is 5.54 Å². The van der Waals surface area contributed by atoms with Crippen LogP contribution in [-0.2, 0) is 12.1 Å². The van der Waals surface area contributed by atoms with Gasteiger partial charge in [-0.15, -0.1) is 0 Å². The molecule has 132 valence electrons. The number of likely N-dealkylation sites (N-methyl/N-ethyl adjacent to an activating group) is 1. The highest BCUT2D eigenvalue weighted by Gasteiger charge is 2.46. The van der Waals surface area contributed by atoms with E-state index in [2.05, 4.69) is 23.4 Å². The largest absolute Gasteiger partial charge is 0.338 e. The van der Waals surface area contributed by atoms with Crippen LogP contribution in [0.5, 0.6) is 0 Å². The molecular formula is C19H23ClN4O. The second kappa shape index (κ2) is 6.15. The minimum Gasteiger partial charge on any atom is -0.338 e. The molecule has 2 aliphatic rings. The number of aryl methyl sites for hydroxylation is 1. The standard InChI is InChI=1S/C19H23ClN4O/c1-14-13-21-18-19(22(2)11-12-24(14)18)7-9-23(10-8-19)17(25)15-3-5-16(20)6-4-15/h3-6,13H,7-12H2,1-2H3. The number of aromatic nitrogens is 2. The minimum absolute atomic E-state index is 0.0523. The molecule has 1 fully saturated rings. The van der Waals surface area contributed by atoms with E-state index in [0.717, 1.165) is 44.8 Å². The quantitative estimate of drug-likeness (QED) is 0.787. The smallest absolute Gasteiger partial charge is 0.253 e. The summed E-state index contributed by atoms with van der Waals surface area (Å²) in [6.45, 7) is 5.63. The third-order valence-corrected chi connectivity index (χ3v) is 6.08. The maximum Gasteiger partial charge on any atom is 0.253 e. The van der Waals surface area contributed by atoms with E-state index in [-0.39, 0.29) is 11.4 Å². The van der Waals surface area contributed by atoms with Gasteiger partial charge in [-0.2, -0.15) is 0 Å². The van der Waals surface area contributed by atoms with Gasteiger partial charge in [-0.25, -0.2) is 4.98 Å². The molecule has 4 rings (SSSR count). The predicted molar refractivity (Wildman–Crippen MR) is 97.9 cm³/mol. The van der Waals surface area contributed by atoms with E-state index in [1.54, 1.807) is 24.3 Å². The van der Waals surface area contributed by atoms with E-state index >= 15 is 0 Å². The molecule has 3 heterocycles. The van der Waals surface area contributed by atoms with Crippen LogP contribution in [0, 0.1) is 6.92 Å². The maximum atomic E-state index is 12.8. The van der Waals surface area contributed by atoms with Gasteiger partial charge in [0.1, 0.15) is 5.82 Å². The molecule has 2 aliphatic heterocycles. The molecule has 0 saturated carbocycles. The summed E-state index contributed by atoms with van der Waals surface area (Å²) in [6, 6.07) is 7.15. The molecule has 1 saturated heterocycles. The maximum absolute atomic E-state index is 12.8. The Morgan fingerprint density at radius 2 is 1.80 bits per heavy atom. The molecule has 2 aromatic rings. The van der Waals surface area contributed by atoms with Gasteiger partial charge in [-0.1, -0.05) is 11.6 Å². The Balaban J connectivity index is 1.55. The number of hydrogen-bond donors (Lipinski definition) is 0. The van der Waals surface area contributed by atoms with Crippen molar-refractivity contribution in [3.05, 3.63) is 52.6 Å². The van der Waals surface area contributed by atoms with Gasteiger partial charge in [0.2, 0.25) is 0 Å². The molecule has 0 N–H and O–H groups in total. The van der Waals surface area contributed by atoms with Crippen molar-refractivity contribution in [2.45, 2.75) is 31.8 Å². The lowest BCUT2D eigenvalue weighted by Gasteiger charge is -2.49. The van der Waals surface area contributed by atoms with Crippen LogP contribution in [0.2, 0.25) is 5.02 Å². The van der Waals surface area contributed by atoms with Crippen LogP contribution in [0.1, 0.15) is 34.7 Å². The third kappa shape index (κ3) is 2.66. The van der Waals surface area contributed by atoms with Crippen LogP contribution in [-0.4, -0.2) is 51.9 Å². The third-order valence-electron chi connectivity index (χ3n) is 5.83. The fourth-order valence-electron chi connectivity index (χ4n) is 4.21. The Hall–Kier alpha value is -1.85. The van der Waals surface area contributed by atoms with E-state index in [1.165, 1.54) is 5.69 Å². The number of rotatable bonds is 1. The molecule has 25 heavy (non-hydrogen) atoms. The SMILES string of the molecule is Cc1cnc2n1CCN(C)C21CCN(C(=O)c2ccc(Cl)cc2)CC1. The highest BCUT2D eigenvalue weighted by molar-refractivity contribution is 6.30. The Labute approximate surface area is 153 Å². The van der Waals surface area contributed by atoms with E-state index in [1.807, 2.05) is 11.1 Å². The Morgan fingerprint density at radius 1 is 1.12 bits per heavy atom. The zero-order valence-corrected chi connectivity index (χ0v) is 15.5. The number of hydrogen-bond acceptors (Lipinski definition) is 3. The molecular weight excluding hydrogens is 336 g/mol. The number of benzene rings is 1. The molecule has 1 amide bonds. The summed E-state index contributed by atoms with van der Waals surface area (Å²) in [5.41, 5.74) is 1.88. The van der Waals surface area contributed by atoms with E-state index < -0.39 is 0 Å².